The number of aromatic hydroxyl groups is 1. The number of H-pyrrole nitrogens is 1. The van der Waals surface area contributed by atoms with Crippen LogP contribution in [0.15, 0.2) is 24.5 Å². The van der Waals surface area contributed by atoms with Gasteiger partial charge in [0.25, 0.3) is 0 Å². The number of benzene rings is 1. The number of aromatic nitrogens is 3. The molecule has 0 atom stereocenters. The van der Waals surface area contributed by atoms with Crippen molar-refractivity contribution in [2.45, 2.75) is 13.0 Å². The predicted octanol–water partition coefficient (Wildman–Crippen LogP) is 0.982. The molecular weight excluding hydrogens is 223 g/mol. The smallest absolute Gasteiger partial charge is 0.165 e. The van der Waals surface area contributed by atoms with Crippen molar-refractivity contribution in [2.24, 2.45) is 0 Å². The summed E-state index contributed by atoms with van der Waals surface area (Å²) in [6.07, 6.45) is 2.20. The molecule has 2 aromatic rings. The number of rotatable bonds is 5. The van der Waals surface area contributed by atoms with E-state index in [2.05, 4.69) is 20.5 Å². The molecule has 0 unspecified atom stereocenters. The van der Waals surface area contributed by atoms with Crippen molar-refractivity contribution in [3.63, 3.8) is 0 Å². The van der Waals surface area contributed by atoms with Gasteiger partial charge in [-0.25, -0.2) is 9.37 Å². The van der Waals surface area contributed by atoms with Crippen molar-refractivity contribution in [3.8, 4) is 5.75 Å². The number of phenolic OH excluding ortho intramolecular Hbond substituents is 1. The lowest BCUT2D eigenvalue weighted by Crippen LogP contribution is -2.17. The van der Waals surface area contributed by atoms with Crippen LogP contribution in [-0.4, -0.2) is 26.8 Å². The van der Waals surface area contributed by atoms with Gasteiger partial charge in [0, 0.05) is 19.5 Å². The Hall–Kier alpha value is -1.95. The van der Waals surface area contributed by atoms with Crippen molar-refractivity contribution in [1.29, 1.82) is 0 Å². The van der Waals surface area contributed by atoms with Crippen molar-refractivity contribution in [1.82, 2.24) is 20.5 Å². The zero-order valence-electron chi connectivity index (χ0n) is 9.15. The largest absolute Gasteiger partial charge is 0.505 e. The molecule has 1 aromatic heterocycles. The van der Waals surface area contributed by atoms with Crippen LogP contribution in [-0.2, 0) is 13.0 Å². The molecule has 0 aliphatic carbocycles. The minimum Gasteiger partial charge on any atom is -0.505 e. The van der Waals surface area contributed by atoms with Gasteiger partial charge in [-0.3, -0.25) is 5.10 Å². The molecule has 6 heteroatoms. The average molecular weight is 236 g/mol. The van der Waals surface area contributed by atoms with E-state index >= 15 is 0 Å². The number of aromatic amines is 1. The Bertz CT molecular complexity index is 472. The maximum absolute atomic E-state index is 13.0. The second-order valence-corrected chi connectivity index (χ2v) is 3.64. The van der Waals surface area contributed by atoms with E-state index < -0.39 is 5.82 Å². The molecule has 90 valence electrons. The Morgan fingerprint density at radius 3 is 3.00 bits per heavy atom. The van der Waals surface area contributed by atoms with Gasteiger partial charge in [0.15, 0.2) is 11.6 Å². The molecular formula is C11H13FN4O. The van der Waals surface area contributed by atoms with E-state index in [-0.39, 0.29) is 5.75 Å². The molecule has 5 nitrogen and oxygen atoms in total. The summed E-state index contributed by atoms with van der Waals surface area (Å²) >= 11 is 0. The highest BCUT2D eigenvalue weighted by Crippen LogP contribution is 2.15. The minimum atomic E-state index is -0.598. The van der Waals surface area contributed by atoms with E-state index in [4.69, 9.17) is 5.11 Å². The second-order valence-electron chi connectivity index (χ2n) is 3.64. The van der Waals surface area contributed by atoms with Crippen LogP contribution >= 0.6 is 0 Å². The Balaban J connectivity index is 1.76. The lowest BCUT2D eigenvalue weighted by Gasteiger charge is -2.04. The highest BCUT2D eigenvalue weighted by molar-refractivity contribution is 5.27. The SMILES string of the molecule is Oc1ccc(CNCCc2ncn[nH]2)cc1F. The molecule has 0 fully saturated rings. The molecule has 0 amide bonds. The Labute approximate surface area is 97.7 Å². The van der Waals surface area contributed by atoms with Gasteiger partial charge < -0.3 is 10.4 Å². The monoisotopic (exact) mass is 236 g/mol. The lowest BCUT2D eigenvalue weighted by molar-refractivity contribution is 0.431. The van der Waals surface area contributed by atoms with Gasteiger partial charge in [-0.15, -0.1) is 0 Å². The minimum absolute atomic E-state index is 0.324. The van der Waals surface area contributed by atoms with Crippen molar-refractivity contribution >= 4 is 0 Å². The van der Waals surface area contributed by atoms with E-state index in [1.165, 1.54) is 18.5 Å². The van der Waals surface area contributed by atoms with Crippen LogP contribution in [0.5, 0.6) is 5.75 Å². The number of hydrogen-bond donors (Lipinski definition) is 3. The Morgan fingerprint density at radius 2 is 2.29 bits per heavy atom. The Morgan fingerprint density at radius 1 is 1.41 bits per heavy atom. The van der Waals surface area contributed by atoms with E-state index in [0.717, 1.165) is 24.4 Å². The van der Waals surface area contributed by atoms with E-state index in [1.807, 2.05) is 0 Å². The summed E-state index contributed by atoms with van der Waals surface area (Å²) in [5.74, 6) is -0.107. The predicted molar refractivity (Wildman–Crippen MR) is 59.9 cm³/mol. The summed E-state index contributed by atoms with van der Waals surface area (Å²) in [6.45, 7) is 1.27. The second kappa shape index (κ2) is 5.40. The van der Waals surface area contributed by atoms with Crippen LogP contribution < -0.4 is 5.32 Å². The number of hydrogen-bond acceptors (Lipinski definition) is 4. The third-order valence-corrected chi connectivity index (χ3v) is 2.34. The summed E-state index contributed by atoms with van der Waals surface area (Å²) in [6, 6.07) is 4.35. The normalized spacial score (nSPS) is 10.6. The highest BCUT2D eigenvalue weighted by atomic mass is 19.1. The third-order valence-electron chi connectivity index (χ3n) is 2.34. The highest BCUT2D eigenvalue weighted by Gasteiger charge is 2.01. The summed E-state index contributed by atoms with van der Waals surface area (Å²) in [5, 5.41) is 18.7. The molecule has 0 spiro atoms. The number of halogens is 1. The van der Waals surface area contributed by atoms with Crippen LogP contribution in [0.25, 0.3) is 0 Å². The number of nitrogens with zero attached hydrogens (tertiary/aromatic N) is 2. The van der Waals surface area contributed by atoms with Gasteiger partial charge in [0.2, 0.25) is 0 Å². The van der Waals surface area contributed by atoms with Crippen LogP contribution in [0.2, 0.25) is 0 Å². The summed E-state index contributed by atoms with van der Waals surface area (Å²) in [7, 11) is 0. The van der Waals surface area contributed by atoms with E-state index in [9.17, 15) is 4.39 Å². The zero-order chi connectivity index (χ0) is 12.1. The molecule has 3 N–H and O–H groups in total. The molecule has 0 aliphatic heterocycles. The molecule has 1 aromatic carbocycles. The Kier molecular flexibility index (Phi) is 3.66. The summed E-state index contributed by atoms with van der Waals surface area (Å²) in [5.41, 5.74) is 0.790. The van der Waals surface area contributed by atoms with Crippen LogP contribution in [0.4, 0.5) is 4.39 Å². The van der Waals surface area contributed by atoms with Gasteiger partial charge >= 0.3 is 0 Å². The lowest BCUT2D eigenvalue weighted by atomic mass is 10.2. The average Bonchev–Trinajstić information content (AvgIpc) is 2.82. The van der Waals surface area contributed by atoms with Crippen LogP contribution in [0.3, 0.4) is 0 Å². The van der Waals surface area contributed by atoms with Gasteiger partial charge in [0.1, 0.15) is 12.2 Å². The molecule has 0 saturated heterocycles. The maximum Gasteiger partial charge on any atom is 0.165 e. The van der Waals surface area contributed by atoms with Crippen LogP contribution in [0.1, 0.15) is 11.4 Å². The number of nitrogens with one attached hydrogen (secondary N) is 2. The van der Waals surface area contributed by atoms with E-state index in [0.29, 0.717) is 6.54 Å². The first-order chi connectivity index (χ1) is 8.25. The standard InChI is InChI=1S/C11H13FN4O/c12-9-5-8(1-2-10(9)17)6-13-4-3-11-14-7-15-16-11/h1-2,5,7,13,17H,3-4,6H2,(H,14,15,16). The van der Waals surface area contributed by atoms with Crippen molar-refractivity contribution in [3.05, 3.63) is 41.7 Å². The first kappa shape index (κ1) is 11.5. The quantitative estimate of drug-likeness (QED) is 0.677. The fourth-order valence-corrected chi connectivity index (χ4v) is 1.45. The van der Waals surface area contributed by atoms with Gasteiger partial charge in [-0.1, -0.05) is 6.07 Å². The molecule has 0 saturated carbocycles. The third kappa shape index (κ3) is 3.25. The summed E-state index contributed by atoms with van der Waals surface area (Å²) in [4.78, 5) is 3.99. The molecule has 17 heavy (non-hydrogen) atoms. The van der Waals surface area contributed by atoms with Gasteiger partial charge in [0.05, 0.1) is 0 Å². The van der Waals surface area contributed by atoms with Crippen molar-refractivity contribution in [2.75, 3.05) is 6.54 Å². The molecule has 2 rings (SSSR count). The van der Waals surface area contributed by atoms with Crippen LogP contribution in [0, 0.1) is 5.82 Å². The first-order valence-corrected chi connectivity index (χ1v) is 5.28. The molecule has 0 aliphatic rings. The fraction of sp³-hybridized carbons (Fsp3) is 0.273. The summed E-state index contributed by atoms with van der Waals surface area (Å²) < 4.78 is 13.0. The van der Waals surface area contributed by atoms with Crippen molar-refractivity contribution < 1.29 is 9.50 Å². The maximum atomic E-state index is 13.0. The number of phenols is 1. The molecule has 0 bridgehead atoms. The first-order valence-electron chi connectivity index (χ1n) is 5.28. The zero-order valence-corrected chi connectivity index (χ0v) is 9.15. The topological polar surface area (TPSA) is 73.8 Å². The van der Waals surface area contributed by atoms with Gasteiger partial charge in [-0.2, -0.15) is 5.10 Å². The van der Waals surface area contributed by atoms with E-state index in [1.54, 1.807) is 6.07 Å². The fourth-order valence-electron chi connectivity index (χ4n) is 1.45. The molecule has 0 radical (unpaired) electrons. The molecule has 1 heterocycles. The van der Waals surface area contributed by atoms with Gasteiger partial charge in [-0.05, 0) is 17.7 Å².